The van der Waals surface area contributed by atoms with Gasteiger partial charge in [-0.2, -0.15) is 0 Å². The van der Waals surface area contributed by atoms with Crippen LogP contribution in [0.5, 0.6) is 0 Å². The highest BCUT2D eigenvalue weighted by molar-refractivity contribution is 7.10. The molecule has 1 unspecified atom stereocenters. The van der Waals surface area contributed by atoms with Crippen LogP contribution in [0.15, 0.2) is 35.7 Å². The second-order valence-electron chi connectivity index (χ2n) is 3.77. The highest BCUT2D eigenvalue weighted by atomic mass is 35.5. The summed E-state index contributed by atoms with van der Waals surface area (Å²) in [5.41, 5.74) is 0.357. The normalized spacial score (nSPS) is 12.1. The standard InChI is InChI=1S/C12H11ClN2O2S/c1-8(11-6-3-7-18-11)14-12-9(13)4-2-5-10(12)15(16)17/h2-8,14H,1H3. The number of hydrogen-bond donors (Lipinski definition) is 1. The van der Waals surface area contributed by atoms with Gasteiger partial charge in [0.15, 0.2) is 0 Å². The van der Waals surface area contributed by atoms with Gasteiger partial charge in [-0.05, 0) is 24.4 Å². The molecular weight excluding hydrogens is 272 g/mol. The van der Waals surface area contributed by atoms with E-state index in [0.29, 0.717) is 10.7 Å². The maximum atomic E-state index is 11.0. The molecule has 0 aliphatic carbocycles. The molecule has 1 N–H and O–H groups in total. The number of anilines is 1. The molecule has 0 aliphatic heterocycles. The number of halogens is 1. The molecule has 0 aliphatic rings. The van der Waals surface area contributed by atoms with E-state index in [1.54, 1.807) is 23.5 Å². The van der Waals surface area contributed by atoms with E-state index in [9.17, 15) is 10.1 Å². The Kier molecular flexibility index (Phi) is 3.84. The molecule has 0 bridgehead atoms. The van der Waals surface area contributed by atoms with Gasteiger partial charge in [0.2, 0.25) is 0 Å². The summed E-state index contributed by atoms with van der Waals surface area (Å²) in [6.07, 6.45) is 0. The maximum absolute atomic E-state index is 11.0. The van der Waals surface area contributed by atoms with Gasteiger partial charge in [0.05, 0.1) is 16.0 Å². The summed E-state index contributed by atoms with van der Waals surface area (Å²) in [5.74, 6) is 0. The van der Waals surface area contributed by atoms with Crippen molar-refractivity contribution in [3.05, 3.63) is 55.7 Å². The molecule has 6 heteroatoms. The van der Waals surface area contributed by atoms with E-state index in [1.165, 1.54) is 6.07 Å². The van der Waals surface area contributed by atoms with Crippen LogP contribution in [0.3, 0.4) is 0 Å². The van der Waals surface area contributed by atoms with Crippen molar-refractivity contribution in [1.29, 1.82) is 0 Å². The molecule has 1 aromatic heterocycles. The van der Waals surface area contributed by atoms with Crippen LogP contribution >= 0.6 is 22.9 Å². The molecule has 2 aromatic rings. The first-order chi connectivity index (χ1) is 8.59. The summed E-state index contributed by atoms with van der Waals surface area (Å²) in [5, 5.41) is 16.4. The van der Waals surface area contributed by atoms with Gasteiger partial charge in [-0.1, -0.05) is 23.7 Å². The number of rotatable bonds is 4. The number of hydrogen-bond acceptors (Lipinski definition) is 4. The fourth-order valence-corrected chi connectivity index (χ4v) is 2.59. The van der Waals surface area contributed by atoms with Crippen LogP contribution in [0.2, 0.25) is 5.02 Å². The van der Waals surface area contributed by atoms with Crippen LogP contribution in [0.1, 0.15) is 17.8 Å². The van der Waals surface area contributed by atoms with Crippen molar-refractivity contribution in [2.45, 2.75) is 13.0 Å². The predicted molar refractivity (Wildman–Crippen MR) is 74.5 cm³/mol. The van der Waals surface area contributed by atoms with Crippen LogP contribution in [0.25, 0.3) is 0 Å². The van der Waals surface area contributed by atoms with E-state index < -0.39 is 4.92 Å². The quantitative estimate of drug-likeness (QED) is 0.664. The molecule has 2 rings (SSSR count). The van der Waals surface area contributed by atoms with E-state index in [4.69, 9.17) is 11.6 Å². The Morgan fingerprint density at radius 1 is 1.39 bits per heavy atom. The molecule has 0 radical (unpaired) electrons. The molecular formula is C12H11ClN2O2S. The molecule has 1 heterocycles. The Morgan fingerprint density at radius 2 is 2.17 bits per heavy atom. The molecule has 1 atom stereocenters. The van der Waals surface area contributed by atoms with Crippen molar-refractivity contribution in [3.63, 3.8) is 0 Å². The predicted octanol–water partition coefficient (Wildman–Crippen LogP) is 4.48. The third-order valence-electron chi connectivity index (χ3n) is 2.52. The van der Waals surface area contributed by atoms with Crippen molar-refractivity contribution in [2.75, 3.05) is 5.32 Å². The molecule has 0 spiro atoms. The Hall–Kier alpha value is -1.59. The minimum atomic E-state index is -0.435. The second kappa shape index (κ2) is 5.37. The van der Waals surface area contributed by atoms with E-state index in [1.807, 2.05) is 24.4 Å². The molecule has 0 saturated carbocycles. The minimum Gasteiger partial charge on any atom is -0.371 e. The van der Waals surface area contributed by atoms with Gasteiger partial charge < -0.3 is 5.32 Å². The van der Waals surface area contributed by atoms with Crippen LogP contribution in [-0.4, -0.2) is 4.92 Å². The number of nitro groups is 1. The molecule has 0 amide bonds. The van der Waals surface area contributed by atoms with Crippen LogP contribution < -0.4 is 5.32 Å². The van der Waals surface area contributed by atoms with Gasteiger partial charge in [0.1, 0.15) is 5.69 Å². The van der Waals surface area contributed by atoms with Gasteiger partial charge in [-0.15, -0.1) is 11.3 Å². The van der Waals surface area contributed by atoms with Crippen molar-refractivity contribution in [1.82, 2.24) is 0 Å². The van der Waals surface area contributed by atoms with E-state index in [-0.39, 0.29) is 11.7 Å². The molecule has 0 saturated heterocycles. The average molecular weight is 283 g/mol. The number of thiophene rings is 1. The number of nitrogens with zero attached hydrogens (tertiary/aromatic N) is 1. The highest BCUT2D eigenvalue weighted by Crippen LogP contribution is 2.35. The van der Waals surface area contributed by atoms with E-state index in [0.717, 1.165) is 4.88 Å². The molecule has 94 valence electrons. The monoisotopic (exact) mass is 282 g/mol. The fourth-order valence-electron chi connectivity index (χ4n) is 1.63. The Bertz CT molecular complexity index is 557. The van der Waals surface area contributed by atoms with Crippen LogP contribution in [0, 0.1) is 10.1 Å². The van der Waals surface area contributed by atoms with Crippen LogP contribution in [0.4, 0.5) is 11.4 Å². The van der Waals surface area contributed by atoms with Crippen molar-refractivity contribution < 1.29 is 4.92 Å². The lowest BCUT2D eigenvalue weighted by atomic mass is 10.2. The minimum absolute atomic E-state index is 0.00842. The van der Waals surface area contributed by atoms with Crippen molar-refractivity contribution in [3.8, 4) is 0 Å². The molecule has 1 aromatic carbocycles. The third kappa shape index (κ3) is 2.63. The second-order valence-corrected chi connectivity index (χ2v) is 5.16. The first-order valence-corrected chi connectivity index (χ1v) is 6.58. The van der Waals surface area contributed by atoms with E-state index in [2.05, 4.69) is 5.32 Å². The lowest BCUT2D eigenvalue weighted by Crippen LogP contribution is -2.07. The molecule has 0 fully saturated rings. The fraction of sp³-hybridized carbons (Fsp3) is 0.167. The summed E-state index contributed by atoms with van der Waals surface area (Å²) < 4.78 is 0. The number of nitro benzene ring substituents is 1. The molecule has 4 nitrogen and oxygen atoms in total. The first-order valence-electron chi connectivity index (χ1n) is 5.32. The zero-order chi connectivity index (χ0) is 13.1. The average Bonchev–Trinajstić information content (AvgIpc) is 2.85. The van der Waals surface area contributed by atoms with Crippen LogP contribution in [-0.2, 0) is 0 Å². The van der Waals surface area contributed by atoms with Crippen molar-refractivity contribution >= 4 is 34.3 Å². The van der Waals surface area contributed by atoms with Gasteiger partial charge in [-0.3, -0.25) is 10.1 Å². The smallest absolute Gasteiger partial charge is 0.293 e. The number of nitrogens with one attached hydrogen (secondary N) is 1. The Labute approximate surface area is 113 Å². The van der Waals surface area contributed by atoms with Gasteiger partial charge in [-0.25, -0.2) is 0 Å². The Morgan fingerprint density at radius 3 is 2.78 bits per heavy atom. The van der Waals surface area contributed by atoms with E-state index >= 15 is 0 Å². The number of para-hydroxylation sites is 1. The lowest BCUT2D eigenvalue weighted by molar-refractivity contribution is -0.384. The first kappa shape index (κ1) is 12.9. The summed E-state index contributed by atoms with van der Waals surface area (Å²) in [6.45, 7) is 1.94. The summed E-state index contributed by atoms with van der Waals surface area (Å²) in [6, 6.07) is 8.54. The summed E-state index contributed by atoms with van der Waals surface area (Å²) in [4.78, 5) is 11.6. The zero-order valence-corrected chi connectivity index (χ0v) is 11.2. The number of benzene rings is 1. The largest absolute Gasteiger partial charge is 0.371 e. The zero-order valence-electron chi connectivity index (χ0n) is 9.59. The summed E-state index contributed by atoms with van der Waals surface area (Å²) in [7, 11) is 0. The van der Waals surface area contributed by atoms with Crippen molar-refractivity contribution in [2.24, 2.45) is 0 Å². The lowest BCUT2D eigenvalue weighted by Gasteiger charge is -2.14. The topological polar surface area (TPSA) is 55.2 Å². The van der Waals surface area contributed by atoms with Gasteiger partial charge in [0.25, 0.3) is 5.69 Å². The highest BCUT2D eigenvalue weighted by Gasteiger charge is 2.19. The van der Waals surface area contributed by atoms with Gasteiger partial charge >= 0.3 is 0 Å². The summed E-state index contributed by atoms with van der Waals surface area (Å²) >= 11 is 7.61. The Balaban J connectivity index is 2.31. The third-order valence-corrected chi connectivity index (χ3v) is 3.89. The molecule has 18 heavy (non-hydrogen) atoms. The SMILES string of the molecule is CC(Nc1c(Cl)cccc1[N+](=O)[O-])c1cccs1. The van der Waals surface area contributed by atoms with Gasteiger partial charge in [0, 0.05) is 10.9 Å². The maximum Gasteiger partial charge on any atom is 0.293 e.